The van der Waals surface area contributed by atoms with Gasteiger partial charge in [-0.15, -0.1) is 0 Å². The molecular formula is C17H18BrN3O4. The quantitative estimate of drug-likeness (QED) is 0.733. The highest BCUT2D eigenvalue weighted by molar-refractivity contribution is 9.10. The van der Waals surface area contributed by atoms with Crippen LogP contribution in [0.5, 0.6) is 0 Å². The molecule has 8 heteroatoms. The summed E-state index contributed by atoms with van der Waals surface area (Å²) < 4.78 is 0.714. The van der Waals surface area contributed by atoms with E-state index in [1.807, 2.05) is 0 Å². The Morgan fingerprint density at radius 2 is 1.96 bits per heavy atom. The van der Waals surface area contributed by atoms with Crippen LogP contribution in [0.4, 0.5) is 0 Å². The lowest BCUT2D eigenvalue weighted by atomic mass is 10.1. The molecule has 0 saturated carbocycles. The van der Waals surface area contributed by atoms with Gasteiger partial charge in [0.05, 0.1) is 11.1 Å². The lowest BCUT2D eigenvalue weighted by Gasteiger charge is -2.17. The van der Waals surface area contributed by atoms with Gasteiger partial charge in [-0.2, -0.15) is 0 Å². The molecule has 2 aliphatic rings. The molecule has 1 aromatic carbocycles. The number of amides is 4. The molecule has 2 heterocycles. The van der Waals surface area contributed by atoms with E-state index in [9.17, 15) is 19.2 Å². The van der Waals surface area contributed by atoms with E-state index < -0.39 is 17.9 Å². The van der Waals surface area contributed by atoms with Gasteiger partial charge in [-0.3, -0.25) is 24.1 Å². The molecule has 4 amide bonds. The van der Waals surface area contributed by atoms with E-state index in [1.165, 1.54) is 0 Å². The SMILES string of the molecule is O=C(CCN1C(=O)c2ccc(Br)cc2C1=O)N[C@H]1CCCCNC1=O. The molecule has 1 fully saturated rings. The summed E-state index contributed by atoms with van der Waals surface area (Å²) in [6.07, 6.45) is 2.31. The maximum absolute atomic E-state index is 12.3. The van der Waals surface area contributed by atoms with Crippen molar-refractivity contribution in [2.75, 3.05) is 13.1 Å². The first-order valence-corrected chi connectivity index (χ1v) is 8.99. The summed E-state index contributed by atoms with van der Waals surface area (Å²) in [4.78, 5) is 49.7. The Kier molecular flexibility index (Phi) is 5.17. The first kappa shape index (κ1) is 17.6. The van der Waals surface area contributed by atoms with Gasteiger partial charge in [0.15, 0.2) is 0 Å². The zero-order valence-corrected chi connectivity index (χ0v) is 15.1. The zero-order valence-electron chi connectivity index (χ0n) is 13.5. The van der Waals surface area contributed by atoms with Crippen LogP contribution < -0.4 is 10.6 Å². The third-order valence-corrected chi connectivity index (χ3v) is 4.86. The molecule has 0 bridgehead atoms. The number of rotatable bonds is 4. The van der Waals surface area contributed by atoms with Crippen molar-refractivity contribution in [3.63, 3.8) is 0 Å². The fourth-order valence-electron chi connectivity index (χ4n) is 3.02. The minimum absolute atomic E-state index is 0.00978. The molecule has 3 rings (SSSR count). The van der Waals surface area contributed by atoms with E-state index >= 15 is 0 Å². The number of imide groups is 1. The molecule has 25 heavy (non-hydrogen) atoms. The molecule has 0 spiro atoms. The second kappa shape index (κ2) is 7.35. The van der Waals surface area contributed by atoms with Crippen LogP contribution in [0.3, 0.4) is 0 Å². The van der Waals surface area contributed by atoms with E-state index in [-0.39, 0.29) is 24.8 Å². The topological polar surface area (TPSA) is 95.6 Å². The van der Waals surface area contributed by atoms with Gasteiger partial charge in [0.1, 0.15) is 6.04 Å². The lowest BCUT2D eigenvalue weighted by molar-refractivity contribution is -0.128. The lowest BCUT2D eigenvalue weighted by Crippen LogP contribution is -2.46. The first-order chi connectivity index (χ1) is 12.0. The van der Waals surface area contributed by atoms with E-state index in [1.54, 1.807) is 18.2 Å². The van der Waals surface area contributed by atoms with E-state index in [0.29, 0.717) is 28.6 Å². The third kappa shape index (κ3) is 3.73. The van der Waals surface area contributed by atoms with Crippen LogP contribution in [0, 0.1) is 0 Å². The summed E-state index contributed by atoms with van der Waals surface area (Å²) in [5.74, 6) is -1.33. The van der Waals surface area contributed by atoms with Crippen LogP contribution in [-0.4, -0.2) is 47.7 Å². The highest BCUT2D eigenvalue weighted by Gasteiger charge is 2.35. The van der Waals surface area contributed by atoms with Crippen molar-refractivity contribution >= 4 is 39.6 Å². The van der Waals surface area contributed by atoms with E-state index in [4.69, 9.17) is 0 Å². The Morgan fingerprint density at radius 1 is 1.20 bits per heavy atom. The Balaban J connectivity index is 1.58. The molecule has 0 aliphatic carbocycles. The zero-order chi connectivity index (χ0) is 18.0. The minimum atomic E-state index is -0.548. The molecule has 132 valence electrons. The Bertz CT molecular complexity index is 749. The standard InChI is InChI=1S/C17H18BrN3O4/c18-10-4-5-11-12(9-10)17(25)21(16(11)24)8-6-14(22)20-13-3-1-2-7-19-15(13)23/h4-5,9,13H,1-3,6-8H2,(H,19,23)(H,20,22)/t13-/m0/s1. The van der Waals surface area contributed by atoms with Crippen molar-refractivity contribution in [1.82, 2.24) is 15.5 Å². The summed E-state index contributed by atoms with van der Waals surface area (Å²) >= 11 is 3.28. The summed E-state index contributed by atoms with van der Waals surface area (Å²) in [6, 6.07) is 4.35. The Morgan fingerprint density at radius 3 is 2.76 bits per heavy atom. The maximum atomic E-state index is 12.3. The van der Waals surface area contributed by atoms with Crippen molar-refractivity contribution in [3.8, 4) is 0 Å². The van der Waals surface area contributed by atoms with Gasteiger partial charge in [-0.25, -0.2) is 0 Å². The molecule has 0 unspecified atom stereocenters. The number of carbonyl (C=O) groups excluding carboxylic acids is 4. The molecule has 7 nitrogen and oxygen atoms in total. The molecule has 0 radical (unpaired) electrons. The summed E-state index contributed by atoms with van der Waals surface area (Å²) in [7, 11) is 0. The average Bonchev–Trinajstić information content (AvgIpc) is 2.71. The molecule has 1 saturated heterocycles. The molecule has 1 atom stereocenters. The predicted octanol–water partition coefficient (Wildman–Crippen LogP) is 1.22. The average molecular weight is 408 g/mol. The molecular weight excluding hydrogens is 390 g/mol. The van der Waals surface area contributed by atoms with Crippen LogP contribution in [0.25, 0.3) is 0 Å². The largest absolute Gasteiger partial charge is 0.354 e. The number of nitrogens with zero attached hydrogens (tertiary/aromatic N) is 1. The highest BCUT2D eigenvalue weighted by Crippen LogP contribution is 2.26. The van der Waals surface area contributed by atoms with Gasteiger partial charge < -0.3 is 10.6 Å². The number of fused-ring (bicyclic) bond motifs is 1. The van der Waals surface area contributed by atoms with Crippen molar-refractivity contribution in [3.05, 3.63) is 33.8 Å². The van der Waals surface area contributed by atoms with Crippen LogP contribution in [-0.2, 0) is 9.59 Å². The van der Waals surface area contributed by atoms with Crippen molar-refractivity contribution in [2.45, 2.75) is 31.7 Å². The molecule has 1 aromatic rings. The number of carbonyl (C=O) groups is 4. The van der Waals surface area contributed by atoms with Gasteiger partial charge in [0.2, 0.25) is 11.8 Å². The van der Waals surface area contributed by atoms with Gasteiger partial charge in [0.25, 0.3) is 11.8 Å². The fourth-order valence-corrected chi connectivity index (χ4v) is 3.38. The number of hydrogen-bond acceptors (Lipinski definition) is 4. The number of benzene rings is 1. The van der Waals surface area contributed by atoms with Crippen LogP contribution >= 0.6 is 15.9 Å². The van der Waals surface area contributed by atoms with Gasteiger partial charge in [-0.05, 0) is 37.5 Å². The second-order valence-electron chi connectivity index (χ2n) is 6.11. The summed E-state index contributed by atoms with van der Waals surface area (Å²) in [6.45, 7) is 0.611. The van der Waals surface area contributed by atoms with E-state index in [0.717, 1.165) is 17.7 Å². The first-order valence-electron chi connectivity index (χ1n) is 8.20. The normalized spacial score (nSPS) is 20.1. The smallest absolute Gasteiger partial charge is 0.261 e. The molecule has 0 aromatic heterocycles. The van der Waals surface area contributed by atoms with Crippen molar-refractivity contribution < 1.29 is 19.2 Å². The second-order valence-corrected chi connectivity index (χ2v) is 7.02. The van der Waals surface area contributed by atoms with Gasteiger partial charge in [0, 0.05) is 24.0 Å². The highest BCUT2D eigenvalue weighted by atomic mass is 79.9. The molecule has 2 aliphatic heterocycles. The monoisotopic (exact) mass is 407 g/mol. The third-order valence-electron chi connectivity index (χ3n) is 4.37. The molecule has 2 N–H and O–H groups in total. The summed E-state index contributed by atoms with van der Waals surface area (Å²) in [5.41, 5.74) is 0.680. The number of nitrogens with one attached hydrogen (secondary N) is 2. The van der Waals surface area contributed by atoms with Gasteiger partial charge in [-0.1, -0.05) is 15.9 Å². The Hall–Kier alpha value is -2.22. The Labute approximate surface area is 153 Å². The van der Waals surface area contributed by atoms with Crippen molar-refractivity contribution in [2.24, 2.45) is 0 Å². The fraction of sp³-hybridized carbons (Fsp3) is 0.412. The van der Waals surface area contributed by atoms with Crippen LogP contribution in [0.1, 0.15) is 46.4 Å². The van der Waals surface area contributed by atoms with E-state index in [2.05, 4.69) is 26.6 Å². The number of halogens is 1. The van der Waals surface area contributed by atoms with Crippen LogP contribution in [0.15, 0.2) is 22.7 Å². The maximum Gasteiger partial charge on any atom is 0.261 e. The summed E-state index contributed by atoms with van der Waals surface area (Å²) in [5, 5.41) is 5.44. The predicted molar refractivity (Wildman–Crippen MR) is 92.9 cm³/mol. The van der Waals surface area contributed by atoms with Crippen molar-refractivity contribution in [1.29, 1.82) is 0 Å². The van der Waals surface area contributed by atoms with Gasteiger partial charge >= 0.3 is 0 Å². The number of hydrogen-bond donors (Lipinski definition) is 2. The minimum Gasteiger partial charge on any atom is -0.354 e. The van der Waals surface area contributed by atoms with Crippen LogP contribution in [0.2, 0.25) is 0 Å².